The molecule has 9 nitrogen and oxygen atoms in total. The molecule has 1 heterocycles. The summed E-state index contributed by atoms with van der Waals surface area (Å²) >= 11 is 0. The van der Waals surface area contributed by atoms with E-state index in [9.17, 15) is 14.7 Å². The zero-order valence-electron chi connectivity index (χ0n) is 19.0. The van der Waals surface area contributed by atoms with Gasteiger partial charge in [0.05, 0.1) is 35.0 Å². The van der Waals surface area contributed by atoms with Crippen molar-refractivity contribution in [2.75, 3.05) is 47.0 Å². The molecule has 2 aromatic carbocycles. The molecular weight excluding hydrogens is 450 g/mol. The molecule has 1 atom stereocenters. The highest BCUT2D eigenvalue weighted by Crippen LogP contribution is 2.38. The van der Waals surface area contributed by atoms with Gasteiger partial charge in [-0.25, -0.2) is 4.79 Å². The second-order valence-electron chi connectivity index (χ2n) is 6.92. The smallest absolute Gasteiger partial charge is 0.391 e. The maximum absolute atomic E-state index is 12.9. The first-order valence-electron chi connectivity index (χ1n) is 9.87. The van der Waals surface area contributed by atoms with Crippen molar-refractivity contribution in [1.82, 2.24) is 5.32 Å². The highest BCUT2D eigenvalue weighted by atomic mass is 32.2. The number of methoxy groups -OCH3 is 4. The molecule has 0 radical (unpaired) electrons. The predicted molar refractivity (Wildman–Crippen MR) is 123 cm³/mol. The van der Waals surface area contributed by atoms with Gasteiger partial charge in [-0.2, -0.15) is 0 Å². The average molecular weight is 476 g/mol. The number of hydrogen-bond acceptors (Lipinski definition) is 8. The number of nitrogens with one attached hydrogen (secondary N) is 1. The molecule has 3 rings (SSSR count). The van der Waals surface area contributed by atoms with Gasteiger partial charge >= 0.3 is 5.63 Å². The van der Waals surface area contributed by atoms with Gasteiger partial charge in [0.15, 0.2) is 11.5 Å². The van der Waals surface area contributed by atoms with Crippen LogP contribution in [0.25, 0.3) is 11.0 Å². The van der Waals surface area contributed by atoms with Crippen LogP contribution in [0.5, 0.6) is 28.7 Å². The number of amides is 1. The largest absolute Gasteiger partial charge is 0.868 e. The lowest BCUT2D eigenvalue weighted by atomic mass is 10.1. The number of carbonyl (C=O) groups excluding carboxylic acids is 1. The second kappa shape index (κ2) is 10.4. The molecule has 1 aromatic heterocycles. The van der Waals surface area contributed by atoms with Gasteiger partial charge < -0.3 is 33.8 Å². The van der Waals surface area contributed by atoms with E-state index in [0.717, 1.165) is 0 Å². The van der Waals surface area contributed by atoms with Crippen LogP contribution in [0.15, 0.2) is 44.4 Å². The Labute approximate surface area is 193 Å². The Morgan fingerprint density at radius 3 is 2.27 bits per heavy atom. The monoisotopic (exact) mass is 475 g/mol. The van der Waals surface area contributed by atoms with Crippen molar-refractivity contribution in [1.29, 1.82) is 0 Å². The Morgan fingerprint density at radius 1 is 1.03 bits per heavy atom. The zero-order chi connectivity index (χ0) is 24.1. The van der Waals surface area contributed by atoms with Gasteiger partial charge in [-0.05, 0) is 36.1 Å². The molecule has 0 bridgehead atoms. The highest BCUT2D eigenvalue weighted by molar-refractivity contribution is 7.96. The quantitative estimate of drug-likeness (QED) is 0.368. The number of benzene rings is 2. The topological polar surface area (TPSA) is 119 Å². The lowest BCUT2D eigenvalue weighted by Crippen LogP contribution is -2.30. The lowest BCUT2D eigenvalue weighted by Gasteiger charge is -2.15. The van der Waals surface area contributed by atoms with E-state index in [0.29, 0.717) is 34.3 Å². The van der Waals surface area contributed by atoms with Crippen molar-refractivity contribution in [2.24, 2.45) is 0 Å². The van der Waals surface area contributed by atoms with Crippen molar-refractivity contribution in [2.45, 2.75) is 4.90 Å². The maximum atomic E-state index is 12.9. The zero-order valence-corrected chi connectivity index (χ0v) is 19.8. The number of rotatable bonds is 9. The summed E-state index contributed by atoms with van der Waals surface area (Å²) in [6.45, 7) is 0.240. The second-order valence-corrected chi connectivity index (χ2v) is 9.01. The molecule has 0 aliphatic carbocycles. The Kier molecular flexibility index (Phi) is 7.59. The molecule has 10 heteroatoms. The summed E-state index contributed by atoms with van der Waals surface area (Å²) in [4.78, 5) is 25.2. The molecule has 176 valence electrons. The van der Waals surface area contributed by atoms with E-state index in [4.69, 9.17) is 23.4 Å². The van der Waals surface area contributed by atoms with Crippen LogP contribution in [0, 0.1) is 0 Å². The van der Waals surface area contributed by atoms with Crippen LogP contribution in [0.1, 0.15) is 10.4 Å². The van der Waals surface area contributed by atoms with Gasteiger partial charge in [0.2, 0.25) is 10.6 Å². The van der Waals surface area contributed by atoms with Crippen LogP contribution < -0.4 is 35.0 Å². The van der Waals surface area contributed by atoms with Gasteiger partial charge in [-0.15, -0.1) is 0 Å². The fraction of sp³-hybridized carbons (Fsp3) is 0.304. The summed E-state index contributed by atoms with van der Waals surface area (Å²) in [6.07, 6.45) is 1.77. The molecule has 1 amide bonds. The van der Waals surface area contributed by atoms with Crippen LogP contribution >= 0.6 is 0 Å². The van der Waals surface area contributed by atoms with E-state index < -0.39 is 16.5 Å². The molecule has 0 saturated heterocycles. The van der Waals surface area contributed by atoms with Crippen molar-refractivity contribution < 1.29 is 33.3 Å². The van der Waals surface area contributed by atoms with E-state index >= 15 is 0 Å². The van der Waals surface area contributed by atoms with E-state index in [1.54, 1.807) is 30.5 Å². The predicted octanol–water partition coefficient (Wildman–Crippen LogP) is 1.94. The molecule has 0 spiro atoms. The standard InChI is InChI=1S/C23H25NO8S/c1-28-14-6-7-16-15(12-14)19(25)21(23(27)32-16)33(5)9-8-24-22(26)13-10-17(29-2)20(31-4)18(11-13)30-3/h6-7,10-12H,8-9H2,1-5H3,(H-,24,25,26,27). The van der Waals surface area contributed by atoms with Crippen LogP contribution in [0.2, 0.25) is 0 Å². The normalized spacial score (nSPS) is 11.7. The van der Waals surface area contributed by atoms with Gasteiger partial charge in [0, 0.05) is 21.8 Å². The van der Waals surface area contributed by atoms with Crippen molar-refractivity contribution in [3.8, 4) is 28.7 Å². The maximum Gasteiger partial charge on any atom is 0.391 e. The van der Waals surface area contributed by atoms with Gasteiger partial charge in [-0.3, -0.25) is 4.79 Å². The molecule has 3 aromatic rings. The highest BCUT2D eigenvalue weighted by Gasteiger charge is 2.25. The van der Waals surface area contributed by atoms with Crippen molar-refractivity contribution >= 4 is 27.8 Å². The van der Waals surface area contributed by atoms with Crippen molar-refractivity contribution in [3.05, 3.63) is 46.3 Å². The first-order valence-corrected chi connectivity index (χ1v) is 11.7. The SMILES string of the molecule is COc1ccc2oc(=O)c([S+](C)CCNC(=O)c3cc(OC)c(OC)c(OC)c3)c([O-])c2c1. The third kappa shape index (κ3) is 4.95. The summed E-state index contributed by atoms with van der Waals surface area (Å²) in [6, 6.07) is 7.79. The first-order chi connectivity index (χ1) is 15.8. The van der Waals surface area contributed by atoms with Crippen LogP contribution in [-0.4, -0.2) is 52.9 Å². The van der Waals surface area contributed by atoms with E-state index in [-0.39, 0.29) is 34.1 Å². The Balaban J connectivity index is 1.75. The van der Waals surface area contributed by atoms with Crippen LogP contribution in [0.4, 0.5) is 0 Å². The van der Waals surface area contributed by atoms with Gasteiger partial charge in [-0.1, -0.05) is 0 Å². The van der Waals surface area contributed by atoms with Crippen molar-refractivity contribution in [3.63, 3.8) is 0 Å². The minimum atomic E-state index is -0.755. The van der Waals surface area contributed by atoms with E-state index in [1.165, 1.54) is 34.5 Å². The number of fused-ring (bicyclic) bond motifs is 1. The van der Waals surface area contributed by atoms with Crippen LogP contribution in [0.3, 0.4) is 0 Å². The van der Waals surface area contributed by atoms with E-state index in [2.05, 4.69) is 5.32 Å². The third-order valence-electron chi connectivity index (χ3n) is 4.99. The molecule has 1 unspecified atom stereocenters. The minimum Gasteiger partial charge on any atom is -0.868 e. The Bertz CT molecular complexity index is 1200. The molecule has 0 saturated carbocycles. The summed E-state index contributed by atoms with van der Waals surface area (Å²) in [5.74, 6) is 1.23. The van der Waals surface area contributed by atoms with Gasteiger partial charge in [0.1, 0.15) is 23.3 Å². The molecule has 33 heavy (non-hydrogen) atoms. The fourth-order valence-electron chi connectivity index (χ4n) is 3.30. The number of hydrogen-bond donors (Lipinski definition) is 1. The number of carbonyl (C=O) groups is 1. The van der Waals surface area contributed by atoms with E-state index in [1.807, 2.05) is 0 Å². The van der Waals surface area contributed by atoms with Crippen LogP contribution in [-0.2, 0) is 10.9 Å². The summed E-state index contributed by atoms with van der Waals surface area (Å²) in [5, 5.41) is 16.0. The summed E-state index contributed by atoms with van der Waals surface area (Å²) in [7, 11) is 5.15. The summed E-state index contributed by atoms with van der Waals surface area (Å²) < 4.78 is 26.3. The molecular formula is C23H25NO8S. The lowest BCUT2D eigenvalue weighted by molar-refractivity contribution is -0.270. The molecule has 0 aliphatic rings. The Hall–Kier alpha value is -3.53. The Morgan fingerprint density at radius 2 is 1.70 bits per heavy atom. The fourth-order valence-corrected chi connectivity index (χ4v) is 4.66. The van der Waals surface area contributed by atoms with Gasteiger partial charge in [0.25, 0.3) is 5.91 Å². The summed E-state index contributed by atoms with van der Waals surface area (Å²) in [5.41, 5.74) is -0.135. The third-order valence-corrected chi connectivity index (χ3v) is 6.86. The average Bonchev–Trinajstić information content (AvgIpc) is 2.82. The first kappa shape index (κ1) is 24.1. The molecule has 0 aliphatic heterocycles. The molecule has 0 fully saturated rings. The number of ether oxygens (including phenoxy) is 4. The minimum absolute atomic E-state index is 0.0674. The molecule has 1 N–H and O–H groups in total.